The Morgan fingerprint density at radius 2 is 2.33 bits per heavy atom. The average molecular weight is 131 g/mol. The predicted octanol–water partition coefficient (Wildman–Crippen LogP) is -0.617. The van der Waals surface area contributed by atoms with Crippen molar-refractivity contribution in [2.24, 2.45) is 0 Å². The molecule has 0 unspecified atom stereocenters. The van der Waals surface area contributed by atoms with E-state index < -0.39 is 5.91 Å². The summed E-state index contributed by atoms with van der Waals surface area (Å²) in [4.78, 5) is 10.3. The smallest absolute Gasteiger partial charge is 0.269 e. The Morgan fingerprint density at radius 3 is 2.67 bits per heavy atom. The Morgan fingerprint density at radius 1 is 1.78 bits per heavy atom. The monoisotopic (exact) mass is 131 g/mol. The summed E-state index contributed by atoms with van der Waals surface area (Å²) in [5, 5.41) is 17.2. The molecule has 0 spiro atoms. The molecule has 0 saturated heterocycles. The third-order valence-corrected chi connectivity index (χ3v) is 0.741. The van der Waals surface area contributed by atoms with E-state index in [0.717, 1.165) is 6.08 Å². The van der Waals surface area contributed by atoms with Crippen LogP contribution in [0.15, 0.2) is 12.7 Å². The van der Waals surface area contributed by atoms with Crippen molar-refractivity contribution in [1.29, 1.82) is 0 Å². The van der Waals surface area contributed by atoms with E-state index in [4.69, 9.17) is 10.3 Å². The van der Waals surface area contributed by atoms with Gasteiger partial charge in [-0.1, -0.05) is 6.58 Å². The summed E-state index contributed by atoms with van der Waals surface area (Å²) in [6, 6.07) is 0. The molecule has 1 amide bonds. The van der Waals surface area contributed by atoms with Crippen molar-refractivity contribution in [1.82, 2.24) is 5.06 Å². The van der Waals surface area contributed by atoms with Gasteiger partial charge in [-0.2, -0.15) is 0 Å². The maximum absolute atomic E-state index is 10.3. The van der Waals surface area contributed by atoms with Gasteiger partial charge in [0.1, 0.15) is 0 Å². The first kappa shape index (κ1) is 8.13. The number of hydrogen-bond acceptors (Lipinski definition) is 3. The molecule has 9 heavy (non-hydrogen) atoms. The van der Waals surface area contributed by atoms with Gasteiger partial charge in [-0.3, -0.25) is 10.0 Å². The molecule has 0 aromatic rings. The van der Waals surface area contributed by atoms with Crippen LogP contribution in [0.1, 0.15) is 0 Å². The van der Waals surface area contributed by atoms with Gasteiger partial charge in [0.05, 0.1) is 13.2 Å². The Bertz CT molecular complexity index is 113. The van der Waals surface area contributed by atoms with E-state index in [-0.39, 0.29) is 13.2 Å². The van der Waals surface area contributed by atoms with Gasteiger partial charge in [0.25, 0.3) is 5.91 Å². The zero-order valence-electron chi connectivity index (χ0n) is 4.95. The summed E-state index contributed by atoms with van der Waals surface area (Å²) in [5.74, 6) is -0.607. The Balaban J connectivity index is 3.58. The van der Waals surface area contributed by atoms with Crippen LogP contribution in [0.5, 0.6) is 0 Å². The van der Waals surface area contributed by atoms with Gasteiger partial charge in [-0.05, 0) is 6.08 Å². The number of aliphatic hydroxyl groups excluding tert-OH is 1. The molecule has 2 N–H and O–H groups in total. The minimum Gasteiger partial charge on any atom is -0.394 e. The number of carbonyl (C=O) groups excluding carboxylic acids is 1. The van der Waals surface area contributed by atoms with Crippen molar-refractivity contribution < 1.29 is 15.1 Å². The first-order chi connectivity index (χ1) is 4.22. The van der Waals surface area contributed by atoms with Crippen LogP contribution in [0.3, 0.4) is 0 Å². The Kier molecular flexibility index (Phi) is 3.66. The van der Waals surface area contributed by atoms with Gasteiger partial charge < -0.3 is 5.11 Å². The lowest BCUT2D eigenvalue weighted by molar-refractivity contribution is -0.160. The summed E-state index contributed by atoms with van der Waals surface area (Å²) >= 11 is 0. The predicted molar refractivity (Wildman–Crippen MR) is 30.8 cm³/mol. The number of carbonyl (C=O) groups is 1. The highest BCUT2D eigenvalue weighted by Gasteiger charge is 2.02. The molecule has 0 atom stereocenters. The quantitative estimate of drug-likeness (QED) is 0.305. The minimum atomic E-state index is -0.607. The van der Waals surface area contributed by atoms with Crippen molar-refractivity contribution >= 4 is 5.91 Å². The first-order valence-electron chi connectivity index (χ1n) is 2.46. The van der Waals surface area contributed by atoms with Crippen LogP contribution in [0.25, 0.3) is 0 Å². The zero-order valence-corrected chi connectivity index (χ0v) is 4.95. The molecular formula is C5H9NO3. The van der Waals surface area contributed by atoms with Crippen LogP contribution in [-0.4, -0.2) is 34.4 Å². The molecule has 0 aromatic carbocycles. The molecule has 0 fully saturated rings. The molecule has 4 heteroatoms. The molecule has 0 heterocycles. The van der Waals surface area contributed by atoms with Crippen molar-refractivity contribution in [3.8, 4) is 0 Å². The molecule has 0 aliphatic rings. The van der Waals surface area contributed by atoms with E-state index in [2.05, 4.69) is 6.58 Å². The number of aliphatic hydroxyl groups is 1. The first-order valence-corrected chi connectivity index (χ1v) is 2.46. The maximum Gasteiger partial charge on any atom is 0.269 e. The summed E-state index contributed by atoms with van der Waals surface area (Å²) in [5.41, 5.74) is 0. The Labute approximate surface area is 53.0 Å². The lowest BCUT2D eigenvalue weighted by Crippen LogP contribution is -2.28. The summed E-state index contributed by atoms with van der Waals surface area (Å²) < 4.78 is 0. The highest BCUT2D eigenvalue weighted by Crippen LogP contribution is 1.81. The Hall–Kier alpha value is -0.870. The third-order valence-electron chi connectivity index (χ3n) is 0.741. The fraction of sp³-hybridized carbons (Fsp3) is 0.400. The fourth-order valence-corrected chi connectivity index (χ4v) is 0.310. The van der Waals surface area contributed by atoms with Gasteiger partial charge in [-0.25, -0.2) is 5.06 Å². The van der Waals surface area contributed by atoms with Crippen molar-refractivity contribution in [2.45, 2.75) is 0 Å². The molecular weight excluding hydrogens is 122 g/mol. The summed E-state index contributed by atoms with van der Waals surface area (Å²) in [7, 11) is 0. The van der Waals surface area contributed by atoms with E-state index in [1.165, 1.54) is 0 Å². The molecule has 4 nitrogen and oxygen atoms in total. The van der Waals surface area contributed by atoms with Crippen molar-refractivity contribution in [3.05, 3.63) is 12.7 Å². The molecule has 0 bridgehead atoms. The number of amides is 1. The second kappa shape index (κ2) is 4.05. The van der Waals surface area contributed by atoms with Gasteiger partial charge in [0, 0.05) is 0 Å². The summed E-state index contributed by atoms with van der Waals surface area (Å²) in [6.07, 6.45) is 0.968. The minimum absolute atomic E-state index is 0.0785. The average Bonchev–Trinajstić information content (AvgIpc) is 1.87. The van der Waals surface area contributed by atoms with Crippen LogP contribution < -0.4 is 0 Å². The van der Waals surface area contributed by atoms with Gasteiger partial charge >= 0.3 is 0 Å². The molecule has 0 aliphatic carbocycles. The van der Waals surface area contributed by atoms with E-state index in [1.807, 2.05) is 0 Å². The van der Waals surface area contributed by atoms with Crippen LogP contribution in [0.2, 0.25) is 0 Å². The summed E-state index contributed by atoms with van der Waals surface area (Å²) in [6.45, 7) is 2.80. The second-order valence-corrected chi connectivity index (χ2v) is 1.39. The van der Waals surface area contributed by atoms with Crippen molar-refractivity contribution in [3.63, 3.8) is 0 Å². The molecule has 0 rings (SSSR count). The highest BCUT2D eigenvalue weighted by molar-refractivity contribution is 5.85. The fourth-order valence-electron chi connectivity index (χ4n) is 0.310. The molecule has 0 saturated carbocycles. The van der Waals surface area contributed by atoms with Crippen LogP contribution in [0, 0.1) is 0 Å². The SMILES string of the molecule is C=CC(=O)N(O)CCO. The number of rotatable bonds is 3. The van der Waals surface area contributed by atoms with Gasteiger partial charge in [-0.15, -0.1) is 0 Å². The lowest BCUT2D eigenvalue weighted by Gasteiger charge is -2.08. The largest absolute Gasteiger partial charge is 0.394 e. The van der Waals surface area contributed by atoms with E-state index in [0.29, 0.717) is 5.06 Å². The molecule has 0 aliphatic heterocycles. The number of nitrogens with zero attached hydrogens (tertiary/aromatic N) is 1. The maximum atomic E-state index is 10.3. The second-order valence-electron chi connectivity index (χ2n) is 1.39. The molecule has 0 radical (unpaired) electrons. The van der Waals surface area contributed by atoms with E-state index in [9.17, 15) is 4.79 Å². The normalized spacial score (nSPS) is 8.67. The van der Waals surface area contributed by atoms with E-state index >= 15 is 0 Å². The lowest BCUT2D eigenvalue weighted by atomic mass is 10.5. The van der Waals surface area contributed by atoms with Crippen LogP contribution in [0.4, 0.5) is 0 Å². The third kappa shape index (κ3) is 2.84. The number of hydroxylamine groups is 2. The standard InChI is InChI=1S/C5H9NO3/c1-2-5(8)6(9)3-4-7/h2,7,9H,1,3-4H2. The van der Waals surface area contributed by atoms with Crippen LogP contribution in [-0.2, 0) is 4.79 Å². The molecule has 52 valence electrons. The van der Waals surface area contributed by atoms with Gasteiger partial charge in [0.2, 0.25) is 0 Å². The van der Waals surface area contributed by atoms with Crippen LogP contribution >= 0.6 is 0 Å². The van der Waals surface area contributed by atoms with E-state index in [1.54, 1.807) is 0 Å². The number of hydrogen-bond donors (Lipinski definition) is 2. The molecule has 0 aromatic heterocycles. The topological polar surface area (TPSA) is 60.8 Å². The zero-order chi connectivity index (χ0) is 7.28. The van der Waals surface area contributed by atoms with Gasteiger partial charge in [0.15, 0.2) is 0 Å². The van der Waals surface area contributed by atoms with Crippen molar-refractivity contribution in [2.75, 3.05) is 13.2 Å². The highest BCUT2D eigenvalue weighted by atomic mass is 16.5.